The zero-order valence-electron chi connectivity index (χ0n) is 10.2. The highest BCUT2D eigenvalue weighted by atomic mass is 79.9. The van der Waals surface area contributed by atoms with E-state index < -0.39 is 11.6 Å². The third kappa shape index (κ3) is 3.30. The van der Waals surface area contributed by atoms with Crippen LogP contribution in [0.25, 0.3) is 0 Å². The van der Waals surface area contributed by atoms with Crippen LogP contribution in [0.2, 0.25) is 0 Å². The molecule has 2 aromatic carbocycles. The van der Waals surface area contributed by atoms with Crippen LogP contribution >= 0.6 is 15.9 Å². The first kappa shape index (κ1) is 14.0. The van der Waals surface area contributed by atoms with E-state index >= 15 is 0 Å². The first-order valence-corrected chi connectivity index (χ1v) is 6.44. The predicted octanol–water partition coefficient (Wildman–Crippen LogP) is 4.54. The molecule has 0 aliphatic rings. The van der Waals surface area contributed by atoms with E-state index in [0.29, 0.717) is 10.0 Å². The first-order chi connectivity index (χ1) is 8.97. The number of benzene rings is 2. The fraction of sp³-hybridized carbons (Fsp3) is 0.143. The second-order valence-electron chi connectivity index (χ2n) is 4.16. The fourth-order valence-corrected chi connectivity index (χ4v) is 1.80. The Hall–Kier alpha value is -1.46. The van der Waals surface area contributed by atoms with Crippen molar-refractivity contribution in [3.8, 4) is 11.5 Å². The molecule has 2 rings (SSSR count). The summed E-state index contributed by atoms with van der Waals surface area (Å²) in [4.78, 5) is 0. The zero-order valence-corrected chi connectivity index (χ0v) is 11.7. The molecule has 2 N–H and O–H groups in total. The Kier molecular flexibility index (Phi) is 4.17. The maximum Gasteiger partial charge on any atom is 0.166 e. The van der Waals surface area contributed by atoms with Crippen LogP contribution in [0.1, 0.15) is 18.5 Å². The summed E-state index contributed by atoms with van der Waals surface area (Å²) >= 11 is 3.04. The average molecular weight is 328 g/mol. The molecule has 0 fully saturated rings. The van der Waals surface area contributed by atoms with E-state index in [0.717, 1.165) is 0 Å². The molecule has 0 spiro atoms. The van der Waals surface area contributed by atoms with E-state index in [1.54, 1.807) is 19.1 Å². The van der Waals surface area contributed by atoms with Gasteiger partial charge < -0.3 is 10.5 Å². The van der Waals surface area contributed by atoms with E-state index in [2.05, 4.69) is 15.9 Å². The Morgan fingerprint density at radius 3 is 2.42 bits per heavy atom. The van der Waals surface area contributed by atoms with Crippen molar-refractivity contribution < 1.29 is 13.5 Å². The zero-order chi connectivity index (χ0) is 14.0. The molecule has 0 aliphatic carbocycles. The Balaban J connectivity index is 2.25. The van der Waals surface area contributed by atoms with Gasteiger partial charge in [-0.3, -0.25) is 0 Å². The summed E-state index contributed by atoms with van der Waals surface area (Å²) in [5.74, 6) is -0.734. The molecule has 0 amide bonds. The summed E-state index contributed by atoms with van der Waals surface area (Å²) in [5, 5.41) is 0. The monoisotopic (exact) mass is 327 g/mol. The quantitative estimate of drug-likeness (QED) is 0.898. The Labute approximate surface area is 118 Å². The van der Waals surface area contributed by atoms with Crippen molar-refractivity contribution in [2.75, 3.05) is 0 Å². The average Bonchev–Trinajstić information content (AvgIpc) is 2.36. The highest BCUT2D eigenvalue weighted by molar-refractivity contribution is 9.10. The summed E-state index contributed by atoms with van der Waals surface area (Å²) in [6.07, 6.45) is 0. The van der Waals surface area contributed by atoms with Gasteiger partial charge in [-0.25, -0.2) is 8.78 Å². The fourth-order valence-electron chi connectivity index (χ4n) is 1.55. The standard InChI is InChI=1S/C14H12BrF2NO/c1-8(18)9-2-5-14(13(17)6-9)19-10-3-4-11(15)12(16)7-10/h2-8H,18H2,1H3/t8-/m0/s1. The summed E-state index contributed by atoms with van der Waals surface area (Å²) < 4.78 is 32.7. The van der Waals surface area contributed by atoms with Crippen LogP contribution in [0, 0.1) is 11.6 Å². The highest BCUT2D eigenvalue weighted by Gasteiger charge is 2.09. The largest absolute Gasteiger partial charge is 0.454 e. The summed E-state index contributed by atoms with van der Waals surface area (Å²) in [6, 6.07) is 8.45. The third-order valence-electron chi connectivity index (χ3n) is 2.60. The van der Waals surface area contributed by atoms with E-state index in [1.165, 1.54) is 24.3 Å². The van der Waals surface area contributed by atoms with Gasteiger partial charge in [0.1, 0.15) is 11.6 Å². The van der Waals surface area contributed by atoms with Crippen LogP contribution in [0.4, 0.5) is 8.78 Å². The lowest BCUT2D eigenvalue weighted by Crippen LogP contribution is -2.05. The second kappa shape index (κ2) is 5.67. The van der Waals surface area contributed by atoms with E-state index in [1.807, 2.05) is 0 Å². The van der Waals surface area contributed by atoms with Gasteiger partial charge in [0.05, 0.1) is 4.47 Å². The molecule has 0 radical (unpaired) electrons. The van der Waals surface area contributed by atoms with Gasteiger partial charge in [0.2, 0.25) is 0 Å². The summed E-state index contributed by atoms with van der Waals surface area (Å²) in [7, 11) is 0. The van der Waals surface area contributed by atoms with Gasteiger partial charge in [0.15, 0.2) is 11.6 Å². The number of hydrogen-bond donors (Lipinski definition) is 1. The van der Waals surface area contributed by atoms with Gasteiger partial charge in [0.25, 0.3) is 0 Å². The molecule has 0 bridgehead atoms. The van der Waals surface area contributed by atoms with Crippen LogP contribution in [-0.4, -0.2) is 0 Å². The second-order valence-corrected chi connectivity index (χ2v) is 5.01. The van der Waals surface area contributed by atoms with Gasteiger partial charge in [-0.15, -0.1) is 0 Å². The lowest BCUT2D eigenvalue weighted by atomic mass is 10.1. The van der Waals surface area contributed by atoms with E-state index in [9.17, 15) is 8.78 Å². The van der Waals surface area contributed by atoms with Gasteiger partial charge in [-0.1, -0.05) is 6.07 Å². The van der Waals surface area contributed by atoms with E-state index in [4.69, 9.17) is 10.5 Å². The summed E-state index contributed by atoms with van der Waals surface area (Å²) in [5.41, 5.74) is 6.33. The SMILES string of the molecule is C[C@H](N)c1ccc(Oc2ccc(Br)c(F)c2)c(F)c1. The molecule has 0 aliphatic heterocycles. The predicted molar refractivity (Wildman–Crippen MR) is 73.2 cm³/mol. The molecule has 2 nitrogen and oxygen atoms in total. The normalized spacial score (nSPS) is 12.3. The van der Waals surface area contributed by atoms with Gasteiger partial charge in [-0.2, -0.15) is 0 Å². The minimum absolute atomic E-state index is 0.0334. The third-order valence-corrected chi connectivity index (χ3v) is 3.24. The van der Waals surface area contributed by atoms with Crippen molar-refractivity contribution in [2.24, 2.45) is 5.73 Å². The number of halogens is 3. The van der Waals surface area contributed by atoms with E-state index in [-0.39, 0.29) is 17.5 Å². The van der Waals surface area contributed by atoms with Crippen molar-refractivity contribution in [2.45, 2.75) is 13.0 Å². The molecule has 1 atom stereocenters. The van der Waals surface area contributed by atoms with Crippen LogP contribution in [0.3, 0.4) is 0 Å². The van der Waals surface area contributed by atoms with Crippen LogP contribution in [-0.2, 0) is 0 Å². The first-order valence-electron chi connectivity index (χ1n) is 5.65. The van der Waals surface area contributed by atoms with Crippen LogP contribution < -0.4 is 10.5 Å². The molecule has 19 heavy (non-hydrogen) atoms. The molecule has 2 aromatic rings. The molecule has 0 heterocycles. The Morgan fingerprint density at radius 2 is 1.84 bits per heavy atom. The van der Waals surface area contributed by atoms with Crippen molar-refractivity contribution >= 4 is 15.9 Å². The number of ether oxygens (including phenoxy) is 1. The maximum atomic E-state index is 13.8. The lowest BCUT2D eigenvalue weighted by molar-refractivity contribution is 0.437. The minimum Gasteiger partial charge on any atom is -0.454 e. The topological polar surface area (TPSA) is 35.2 Å². The van der Waals surface area contributed by atoms with Crippen molar-refractivity contribution in [1.82, 2.24) is 0 Å². The highest BCUT2D eigenvalue weighted by Crippen LogP contribution is 2.28. The molecule has 100 valence electrons. The van der Waals surface area contributed by atoms with Crippen LogP contribution in [0.5, 0.6) is 11.5 Å². The smallest absolute Gasteiger partial charge is 0.166 e. The van der Waals surface area contributed by atoms with Crippen molar-refractivity contribution in [3.63, 3.8) is 0 Å². The Morgan fingerprint density at radius 1 is 1.11 bits per heavy atom. The van der Waals surface area contributed by atoms with Gasteiger partial charge >= 0.3 is 0 Å². The van der Waals surface area contributed by atoms with Crippen molar-refractivity contribution in [3.05, 3.63) is 58.1 Å². The molecular weight excluding hydrogens is 316 g/mol. The number of rotatable bonds is 3. The number of hydrogen-bond acceptors (Lipinski definition) is 2. The van der Waals surface area contributed by atoms with Gasteiger partial charge in [0, 0.05) is 12.1 Å². The molecule has 0 unspecified atom stereocenters. The van der Waals surface area contributed by atoms with Gasteiger partial charge in [-0.05, 0) is 52.7 Å². The molecule has 0 saturated heterocycles. The van der Waals surface area contributed by atoms with Crippen molar-refractivity contribution in [1.29, 1.82) is 0 Å². The Bertz CT molecular complexity index is 602. The molecular formula is C14H12BrF2NO. The summed E-state index contributed by atoms with van der Waals surface area (Å²) in [6.45, 7) is 1.76. The molecule has 0 aromatic heterocycles. The lowest BCUT2D eigenvalue weighted by Gasteiger charge is -2.10. The maximum absolute atomic E-state index is 13.8. The molecule has 5 heteroatoms. The number of nitrogens with two attached hydrogens (primary N) is 1. The van der Waals surface area contributed by atoms with Crippen LogP contribution in [0.15, 0.2) is 40.9 Å². The minimum atomic E-state index is -0.530. The molecule has 0 saturated carbocycles.